The highest BCUT2D eigenvalue weighted by atomic mass is 16.4. The van der Waals surface area contributed by atoms with Crippen molar-refractivity contribution in [1.82, 2.24) is 5.32 Å². The Balaban J connectivity index is 1.61. The average Bonchev–Trinajstić information content (AvgIpc) is 3.22. The summed E-state index contributed by atoms with van der Waals surface area (Å²) in [7, 11) is 0. The Hall–Kier alpha value is -3.09. The number of carbonyl (C=O) groups is 3. The quantitative estimate of drug-likeness (QED) is 0.746. The zero-order valence-corrected chi connectivity index (χ0v) is 16.2. The molecule has 1 aliphatic rings. The Morgan fingerprint density at radius 3 is 2.54 bits per heavy atom. The average molecular weight is 384 g/mol. The van der Waals surface area contributed by atoms with Gasteiger partial charge in [0.2, 0.25) is 11.8 Å². The molecule has 0 bridgehead atoms. The van der Waals surface area contributed by atoms with E-state index in [9.17, 15) is 14.4 Å². The van der Waals surface area contributed by atoms with Gasteiger partial charge in [-0.15, -0.1) is 0 Å². The van der Waals surface area contributed by atoms with Gasteiger partial charge in [-0.2, -0.15) is 0 Å². The summed E-state index contributed by atoms with van der Waals surface area (Å²) in [5.74, 6) is -1.40. The van der Waals surface area contributed by atoms with Crippen LogP contribution in [0, 0.1) is 12.8 Å². The minimum absolute atomic E-state index is 0.0415. The van der Waals surface area contributed by atoms with E-state index >= 15 is 0 Å². The molecular formula is C21H24N2O5. The van der Waals surface area contributed by atoms with E-state index < -0.39 is 11.9 Å². The summed E-state index contributed by atoms with van der Waals surface area (Å²) in [5.41, 5.74) is 2.05. The Labute approximate surface area is 163 Å². The molecule has 1 aromatic heterocycles. The highest BCUT2D eigenvalue weighted by molar-refractivity contribution is 6.09. The van der Waals surface area contributed by atoms with E-state index in [2.05, 4.69) is 19.2 Å². The molecule has 1 fully saturated rings. The van der Waals surface area contributed by atoms with E-state index in [1.54, 1.807) is 11.8 Å². The molecule has 148 valence electrons. The number of hydrogen-bond donors (Lipinski definition) is 2. The van der Waals surface area contributed by atoms with Crippen molar-refractivity contribution >= 4 is 23.5 Å². The van der Waals surface area contributed by atoms with E-state index in [4.69, 9.17) is 9.52 Å². The van der Waals surface area contributed by atoms with Gasteiger partial charge in [-0.25, -0.2) is 4.79 Å². The minimum atomic E-state index is -1.08. The van der Waals surface area contributed by atoms with Crippen LogP contribution in [0.3, 0.4) is 0 Å². The molecule has 2 amide bonds. The van der Waals surface area contributed by atoms with Gasteiger partial charge in [0.25, 0.3) is 0 Å². The van der Waals surface area contributed by atoms with Crippen LogP contribution in [0.25, 0.3) is 0 Å². The number of amides is 2. The standard InChI is InChI=1S/C21H24N2O5/c1-12(2)14-4-6-15(7-5-14)23-9-8-17(20(23)25)19(24)22-11-16-10-18(21(26)27)13(3)28-16/h4-7,10,12,17H,8-9,11H2,1-3H3,(H,22,24)(H,26,27). The molecule has 2 N–H and O–H groups in total. The van der Waals surface area contributed by atoms with E-state index in [1.807, 2.05) is 24.3 Å². The van der Waals surface area contributed by atoms with Crippen molar-refractivity contribution in [3.63, 3.8) is 0 Å². The fourth-order valence-corrected chi connectivity index (χ4v) is 3.36. The molecule has 3 rings (SSSR count). The summed E-state index contributed by atoms with van der Waals surface area (Å²) in [5, 5.41) is 11.7. The number of carboxylic acid groups (broad SMARTS) is 1. The lowest BCUT2D eigenvalue weighted by Gasteiger charge is -2.17. The van der Waals surface area contributed by atoms with Gasteiger partial charge in [0.1, 0.15) is 23.0 Å². The third-order valence-electron chi connectivity index (χ3n) is 5.03. The Morgan fingerprint density at radius 2 is 1.96 bits per heavy atom. The van der Waals surface area contributed by atoms with Gasteiger partial charge in [0, 0.05) is 12.2 Å². The molecule has 7 nitrogen and oxygen atoms in total. The van der Waals surface area contributed by atoms with Crippen LogP contribution in [0.15, 0.2) is 34.7 Å². The maximum Gasteiger partial charge on any atom is 0.339 e. The number of carboxylic acids is 1. The van der Waals surface area contributed by atoms with Crippen molar-refractivity contribution in [2.45, 2.75) is 39.7 Å². The number of nitrogens with zero attached hydrogens (tertiary/aromatic N) is 1. The van der Waals surface area contributed by atoms with Gasteiger partial charge in [-0.3, -0.25) is 9.59 Å². The maximum absolute atomic E-state index is 12.7. The topological polar surface area (TPSA) is 99.9 Å². The number of aryl methyl sites for hydroxylation is 1. The third kappa shape index (κ3) is 3.93. The first-order valence-electron chi connectivity index (χ1n) is 9.29. The lowest BCUT2D eigenvalue weighted by atomic mass is 10.0. The fraction of sp³-hybridized carbons (Fsp3) is 0.381. The molecule has 2 heterocycles. The van der Waals surface area contributed by atoms with Crippen LogP contribution in [0.1, 0.15) is 53.6 Å². The number of carbonyl (C=O) groups excluding carboxylic acids is 2. The molecule has 1 unspecified atom stereocenters. The predicted molar refractivity (Wildman–Crippen MR) is 103 cm³/mol. The van der Waals surface area contributed by atoms with Gasteiger partial charge >= 0.3 is 5.97 Å². The predicted octanol–water partition coefficient (Wildman–Crippen LogP) is 3.08. The smallest absolute Gasteiger partial charge is 0.339 e. The molecular weight excluding hydrogens is 360 g/mol. The molecule has 0 spiro atoms. The van der Waals surface area contributed by atoms with Crippen molar-refractivity contribution in [2.24, 2.45) is 5.92 Å². The first-order valence-corrected chi connectivity index (χ1v) is 9.29. The number of nitrogens with one attached hydrogen (secondary N) is 1. The summed E-state index contributed by atoms with van der Waals surface area (Å²) in [4.78, 5) is 37.8. The van der Waals surface area contributed by atoms with E-state index in [1.165, 1.54) is 11.6 Å². The second-order valence-corrected chi connectivity index (χ2v) is 7.28. The van der Waals surface area contributed by atoms with Crippen LogP contribution in [-0.4, -0.2) is 29.4 Å². The molecule has 0 saturated carbocycles. The lowest BCUT2D eigenvalue weighted by molar-refractivity contribution is -0.132. The van der Waals surface area contributed by atoms with Gasteiger partial charge in [0.15, 0.2) is 0 Å². The molecule has 1 aliphatic heterocycles. The molecule has 7 heteroatoms. The molecule has 1 saturated heterocycles. The lowest BCUT2D eigenvalue weighted by Crippen LogP contribution is -2.36. The van der Waals surface area contributed by atoms with Crippen molar-refractivity contribution in [2.75, 3.05) is 11.4 Å². The van der Waals surface area contributed by atoms with Crippen LogP contribution < -0.4 is 10.2 Å². The summed E-state index contributed by atoms with van der Waals surface area (Å²) in [6.45, 7) is 6.30. The number of benzene rings is 1. The number of rotatable bonds is 6. The van der Waals surface area contributed by atoms with Crippen LogP contribution in [-0.2, 0) is 16.1 Å². The van der Waals surface area contributed by atoms with Gasteiger partial charge in [0.05, 0.1) is 6.54 Å². The molecule has 28 heavy (non-hydrogen) atoms. The van der Waals surface area contributed by atoms with Crippen molar-refractivity contribution in [3.8, 4) is 0 Å². The molecule has 0 aliphatic carbocycles. The van der Waals surface area contributed by atoms with Crippen LogP contribution in [0.5, 0.6) is 0 Å². The highest BCUT2D eigenvalue weighted by Gasteiger charge is 2.37. The van der Waals surface area contributed by atoms with Gasteiger partial charge in [-0.05, 0) is 43.0 Å². The summed E-state index contributed by atoms with van der Waals surface area (Å²) in [6, 6.07) is 9.20. The van der Waals surface area contributed by atoms with Crippen LogP contribution in [0.2, 0.25) is 0 Å². The van der Waals surface area contributed by atoms with Gasteiger partial charge in [-0.1, -0.05) is 26.0 Å². The molecule has 0 radical (unpaired) electrons. The Morgan fingerprint density at radius 1 is 1.29 bits per heavy atom. The van der Waals surface area contributed by atoms with E-state index in [0.29, 0.717) is 24.6 Å². The first kappa shape index (κ1) is 19.7. The maximum atomic E-state index is 12.7. The summed E-state index contributed by atoms with van der Waals surface area (Å²) >= 11 is 0. The SMILES string of the molecule is Cc1oc(CNC(=O)C2CCN(c3ccc(C(C)C)cc3)C2=O)cc1C(=O)O. The van der Waals surface area contributed by atoms with E-state index in [-0.39, 0.29) is 29.7 Å². The minimum Gasteiger partial charge on any atom is -0.478 e. The third-order valence-corrected chi connectivity index (χ3v) is 5.03. The van der Waals surface area contributed by atoms with Gasteiger partial charge < -0.3 is 19.7 Å². The van der Waals surface area contributed by atoms with Crippen molar-refractivity contribution in [3.05, 3.63) is 53.0 Å². The number of furan rings is 1. The van der Waals surface area contributed by atoms with Crippen molar-refractivity contribution < 1.29 is 23.9 Å². The zero-order chi connectivity index (χ0) is 20.4. The van der Waals surface area contributed by atoms with Crippen LogP contribution >= 0.6 is 0 Å². The Kier molecular flexibility index (Phi) is 5.53. The van der Waals surface area contributed by atoms with E-state index in [0.717, 1.165) is 5.69 Å². The normalized spacial score (nSPS) is 16.6. The number of aromatic carboxylic acids is 1. The second-order valence-electron chi connectivity index (χ2n) is 7.28. The molecule has 2 aromatic rings. The fourth-order valence-electron chi connectivity index (χ4n) is 3.36. The second kappa shape index (κ2) is 7.88. The highest BCUT2D eigenvalue weighted by Crippen LogP contribution is 2.27. The zero-order valence-electron chi connectivity index (χ0n) is 16.2. The van der Waals surface area contributed by atoms with Crippen LogP contribution in [0.4, 0.5) is 5.69 Å². The largest absolute Gasteiger partial charge is 0.478 e. The Bertz CT molecular complexity index is 898. The number of anilines is 1. The van der Waals surface area contributed by atoms with Crippen molar-refractivity contribution in [1.29, 1.82) is 0 Å². The number of hydrogen-bond acceptors (Lipinski definition) is 4. The summed E-state index contributed by atoms with van der Waals surface area (Å²) < 4.78 is 5.35. The summed E-state index contributed by atoms with van der Waals surface area (Å²) in [6.07, 6.45) is 0.439. The molecule has 1 atom stereocenters. The molecule has 1 aromatic carbocycles. The monoisotopic (exact) mass is 384 g/mol. The first-order chi connectivity index (χ1) is 13.3.